The van der Waals surface area contributed by atoms with Gasteiger partial charge in [-0.3, -0.25) is 4.79 Å². The molecule has 1 atom stereocenters. The second-order valence-corrected chi connectivity index (χ2v) is 5.22. The molecule has 1 saturated carbocycles. The number of carboxylic acid groups (broad SMARTS) is 1. The highest BCUT2D eigenvalue weighted by Crippen LogP contribution is 2.65. The predicted octanol–water partition coefficient (Wildman–Crippen LogP) is 3.13. The number of hydrogen-bond donors (Lipinski definition) is 1. The van der Waals surface area contributed by atoms with E-state index in [0.29, 0.717) is 0 Å². The Kier molecular flexibility index (Phi) is 2.66. The molecule has 2 nitrogen and oxygen atoms in total. The molecule has 1 aliphatic rings. The van der Waals surface area contributed by atoms with E-state index in [4.69, 9.17) is 5.11 Å². The summed E-state index contributed by atoms with van der Waals surface area (Å²) >= 11 is 0. The summed E-state index contributed by atoms with van der Waals surface area (Å²) in [5.74, 6) is -12.3. The SMILES string of the molecule is CC1(C)CC1(C(=O)O)c1c(F)c(F)c(F)c(F)c1F. The van der Waals surface area contributed by atoms with Crippen LogP contribution in [0.1, 0.15) is 25.8 Å². The van der Waals surface area contributed by atoms with Crippen molar-refractivity contribution in [2.45, 2.75) is 25.7 Å². The average molecular weight is 280 g/mol. The highest BCUT2D eigenvalue weighted by Gasteiger charge is 2.70. The van der Waals surface area contributed by atoms with Crippen LogP contribution in [0.25, 0.3) is 0 Å². The Balaban J connectivity index is 2.82. The normalized spacial score (nSPS) is 24.4. The summed E-state index contributed by atoms with van der Waals surface area (Å²) < 4.78 is 66.5. The molecule has 0 amide bonds. The van der Waals surface area contributed by atoms with E-state index in [0.717, 1.165) is 0 Å². The third-order valence-corrected chi connectivity index (χ3v) is 3.74. The zero-order valence-electron chi connectivity index (χ0n) is 9.95. The largest absolute Gasteiger partial charge is 0.481 e. The lowest BCUT2D eigenvalue weighted by molar-refractivity contribution is -0.141. The van der Waals surface area contributed by atoms with Crippen LogP contribution in [-0.4, -0.2) is 11.1 Å². The summed E-state index contributed by atoms with van der Waals surface area (Å²) in [6.45, 7) is 2.78. The number of rotatable bonds is 2. The fourth-order valence-electron chi connectivity index (χ4n) is 2.50. The van der Waals surface area contributed by atoms with Gasteiger partial charge in [-0.1, -0.05) is 13.8 Å². The minimum Gasteiger partial charge on any atom is -0.481 e. The van der Waals surface area contributed by atoms with Gasteiger partial charge < -0.3 is 5.11 Å². The number of benzene rings is 1. The Morgan fingerprint density at radius 2 is 1.26 bits per heavy atom. The number of aliphatic carboxylic acids is 1. The van der Waals surface area contributed by atoms with E-state index in [1.165, 1.54) is 13.8 Å². The Bertz CT molecular complexity index is 567. The van der Waals surface area contributed by atoms with Crippen LogP contribution in [0.2, 0.25) is 0 Å². The van der Waals surface area contributed by atoms with Crippen molar-refractivity contribution in [1.82, 2.24) is 0 Å². The van der Waals surface area contributed by atoms with Crippen LogP contribution in [0, 0.1) is 34.5 Å². The van der Waals surface area contributed by atoms with Crippen LogP contribution in [0.15, 0.2) is 0 Å². The monoisotopic (exact) mass is 280 g/mol. The van der Waals surface area contributed by atoms with Gasteiger partial charge in [0.25, 0.3) is 0 Å². The number of carboxylic acids is 1. The Labute approximate surface area is 104 Å². The summed E-state index contributed by atoms with van der Waals surface area (Å²) in [6, 6.07) is 0. The van der Waals surface area contributed by atoms with Gasteiger partial charge in [0.05, 0.1) is 0 Å². The molecule has 2 rings (SSSR count). The maximum absolute atomic E-state index is 13.7. The summed E-state index contributed by atoms with van der Waals surface area (Å²) in [5, 5.41) is 9.12. The Morgan fingerprint density at radius 1 is 0.947 bits per heavy atom. The lowest BCUT2D eigenvalue weighted by Gasteiger charge is -2.18. The first-order valence-corrected chi connectivity index (χ1v) is 5.33. The first-order valence-electron chi connectivity index (χ1n) is 5.33. The molecule has 1 fully saturated rings. The first-order chi connectivity index (χ1) is 8.58. The van der Waals surface area contributed by atoms with Gasteiger partial charge in [0.1, 0.15) is 5.41 Å². The highest BCUT2D eigenvalue weighted by atomic mass is 19.2. The molecule has 1 aliphatic carbocycles. The quantitative estimate of drug-likeness (QED) is 0.513. The van der Waals surface area contributed by atoms with Crippen molar-refractivity contribution in [2.24, 2.45) is 5.41 Å². The number of halogens is 5. The van der Waals surface area contributed by atoms with Crippen LogP contribution in [0.5, 0.6) is 0 Å². The highest BCUT2D eigenvalue weighted by molar-refractivity contribution is 5.87. The van der Waals surface area contributed by atoms with Crippen molar-refractivity contribution in [3.63, 3.8) is 0 Å². The molecule has 1 aromatic rings. The molecule has 0 radical (unpaired) electrons. The second-order valence-electron chi connectivity index (χ2n) is 5.22. The van der Waals surface area contributed by atoms with Crippen molar-refractivity contribution in [2.75, 3.05) is 0 Å². The fourth-order valence-corrected chi connectivity index (χ4v) is 2.50. The van der Waals surface area contributed by atoms with E-state index < -0.39 is 51.4 Å². The van der Waals surface area contributed by atoms with Gasteiger partial charge in [0, 0.05) is 5.56 Å². The van der Waals surface area contributed by atoms with Gasteiger partial charge in [0.15, 0.2) is 23.3 Å². The van der Waals surface area contributed by atoms with Gasteiger partial charge in [-0.25, -0.2) is 22.0 Å². The maximum Gasteiger partial charge on any atom is 0.314 e. The minimum absolute atomic E-state index is 0.201. The second kappa shape index (κ2) is 3.68. The van der Waals surface area contributed by atoms with Gasteiger partial charge in [-0.2, -0.15) is 0 Å². The lowest BCUT2D eigenvalue weighted by atomic mass is 9.87. The molecule has 1 unspecified atom stereocenters. The van der Waals surface area contributed by atoms with E-state index in [1.54, 1.807) is 0 Å². The molecule has 0 bridgehead atoms. The van der Waals surface area contributed by atoms with Crippen molar-refractivity contribution >= 4 is 5.97 Å². The Hall–Kier alpha value is -1.66. The maximum atomic E-state index is 13.7. The summed E-state index contributed by atoms with van der Waals surface area (Å²) in [7, 11) is 0. The molecule has 0 heterocycles. The Morgan fingerprint density at radius 3 is 1.53 bits per heavy atom. The van der Waals surface area contributed by atoms with Crippen LogP contribution < -0.4 is 0 Å². The van der Waals surface area contributed by atoms with Crippen LogP contribution in [0.3, 0.4) is 0 Å². The van der Waals surface area contributed by atoms with E-state index in [-0.39, 0.29) is 6.42 Å². The van der Waals surface area contributed by atoms with Crippen LogP contribution in [-0.2, 0) is 10.2 Å². The number of carbonyl (C=O) groups is 1. The van der Waals surface area contributed by atoms with Crippen LogP contribution in [0.4, 0.5) is 22.0 Å². The topological polar surface area (TPSA) is 37.3 Å². The molecule has 7 heteroatoms. The summed E-state index contributed by atoms with van der Waals surface area (Å²) in [6.07, 6.45) is -0.201. The van der Waals surface area contributed by atoms with E-state index in [1.807, 2.05) is 0 Å². The van der Waals surface area contributed by atoms with Crippen molar-refractivity contribution in [3.05, 3.63) is 34.6 Å². The van der Waals surface area contributed by atoms with Gasteiger partial charge >= 0.3 is 5.97 Å². The third kappa shape index (κ3) is 1.50. The molecule has 0 spiro atoms. The predicted molar refractivity (Wildman–Crippen MR) is 53.9 cm³/mol. The van der Waals surface area contributed by atoms with Gasteiger partial charge in [-0.05, 0) is 11.8 Å². The molecule has 19 heavy (non-hydrogen) atoms. The zero-order chi connectivity index (χ0) is 14.7. The third-order valence-electron chi connectivity index (χ3n) is 3.74. The van der Waals surface area contributed by atoms with E-state index in [2.05, 4.69) is 0 Å². The van der Waals surface area contributed by atoms with Crippen molar-refractivity contribution in [1.29, 1.82) is 0 Å². The van der Waals surface area contributed by atoms with Crippen molar-refractivity contribution < 1.29 is 31.9 Å². The van der Waals surface area contributed by atoms with Crippen LogP contribution >= 0.6 is 0 Å². The van der Waals surface area contributed by atoms with Gasteiger partial charge in [-0.15, -0.1) is 0 Å². The number of hydrogen-bond acceptors (Lipinski definition) is 1. The molecule has 1 aromatic carbocycles. The lowest BCUT2D eigenvalue weighted by Crippen LogP contribution is -2.29. The fraction of sp³-hybridized carbons (Fsp3) is 0.417. The average Bonchev–Trinajstić information content (AvgIpc) is 2.89. The minimum atomic E-state index is -2.29. The molecular weight excluding hydrogens is 271 g/mol. The van der Waals surface area contributed by atoms with Gasteiger partial charge in [0.2, 0.25) is 5.82 Å². The molecule has 0 aliphatic heterocycles. The summed E-state index contributed by atoms with van der Waals surface area (Å²) in [5.41, 5.74) is -4.44. The van der Waals surface area contributed by atoms with E-state index in [9.17, 15) is 26.7 Å². The molecule has 0 saturated heterocycles. The smallest absolute Gasteiger partial charge is 0.314 e. The zero-order valence-corrected chi connectivity index (χ0v) is 9.95. The van der Waals surface area contributed by atoms with E-state index >= 15 is 0 Å². The molecule has 0 aromatic heterocycles. The molecule has 104 valence electrons. The molecular formula is C12H9F5O2. The molecule has 1 N–H and O–H groups in total. The summed E-state index contributed by atoms with van der Waals surface area (Å²) in [4.78, 5) is 11.2. The first kappa shape index (κ1) is 13.8. The van der Waals surface area contributed by atoms with Crippen molar-refractivity contribution in [3.8, 4) is 0 Å². The standard InChI is InChI=1S/C12H9F5O2/c1-11(2)3-12(11,10(18)19)4-5(13)7(15)9(17)8(16)6(4)14/h3H2,1-2H3,(H,18,19).